The first kappa shape index (κ1) is 15.9. The summed E-state index contributed by atoms with van der Waals surface area (Å²) in [6, 6.07) is 12.6. The molecule has 0 aliphatic rings. The van der Waals surface area contributed by atoms with Gasteiger partial charge in [0, 0.05) is 22.7 Å². The van der Waals surface area contributed by atoms with Crippen molar-refractivity contribution in [2.45, 2.75) is 6.92 Å². The van der Waals surface area contributed by atoms with E-state index in [4.69, 9.17) is 21.7 Å². The number of hydrogen-bond acceptors (Lipinski definition) is 3. The fraction of sp³-hybridized carbons (Fsp3) is 0.0526. The number of nitrogens with zero attached hydrogens (tertiary/aromatic N) is 2. The van der Waals surface area contributed by atoms with E-state index in [1.807, 2.05) is 41.1 Å². The Kier molecular flexibility index (Phi) is 3.82. The average Bonchev–Trinajstić information content (AvgIpc) is 3.18. The van der Waals surface area contributed by atoms with Crippen molar-refractivity contribution < 1.29 is 9.90 Å². The van der Waals surface area contributed by atoms with Gasteiger partial charge in [0.15, 0.2) is 0 Å². The van der Waals surface area contributed by atoms with Crippen LogP contribution < -0.4 is 0 Å². The number of carbonyl (C=O) groups is 1. The van der Waals surface area contributed by atoms with Crippen LogP contribution in [0.5, 0.6) is 0 Å². The monoisotopic (exact) mass is 368 g/mol. The van der Waals surface area contributed by atoms with Crippen LogP contribution in [0.1, 0.15) is 15.9 Å². The molecule has 0 atom stereocenters. The molecule has 0 unspecified atom stereocenters. The number of thiazole rings is 1. The van der Waals surface area contributed by atoms with Gasteiger partial charge in [0.05, 0.1) is 10.6 Å². The van der Waals surface area contributed by atoms with Crippen LogP contribution in [0, 0.1) is 6.92 Å². The normalized spacial score (nSPS) is 11.1. The molecule has 2 heterocycles. The molecule has 1 N–H and O–H groups in total. The van der Waals surface area contributed by atoms with Gasteiger partial charge in [0.1, 0.15) is 16.3 Å². The molecule has 4 rings (SSSR count). The Morgan fingerprint density at radius 1 is 1.20 bits per heavy atom. The number of carboxylic acids is 1. The average molecular weight is 369 g/mol. The molecule has 2 aromatic heterocycles. The highest BCUT2D eigenvalue weighted by Crippen LogP contribution is 2.36. The van der Waals surface area contributed by atoms with E-state index in [2.05, 4.69) is 0 Å². The van der Waals surface area contributed by atoms with E-state index in [0.29, 0.717) is 5.02 Å². The summed E-state index contributed by atoms with van der Waals surface area (Å²) in [7, 11) is 0. The van der Waals surface area contributed by atoms with Gasteiger partial charge >= 0.3 is 5.97 Å². The zero-order valence-corrected chi connectivity index (χ0v) is 14.8. The highest BCUT2D eigenvalue weighted by molar-refractivity contribution is 7.16. The number of aryl methyl sites for hydroxylation is 1. The molecule has 0 bridgehead atoms. The number of rotatable bonds is 3. The van der Waals surface area contributed by atoms with Crippen LogP contribution >= 0.6 is 22.9 Å². The molecule has 25 heavy (non-hydrogen) atoms. The number of carboxylic acid groups (broad SMARTS) is 1. The highest BCUT2D eigenvalue weighted by atomic mass is 35.5. The lowest BCUT2D eigenvalue weighted by Crippen LogP contribution is -1.95. The lowest BCUT2D eigenvalue weighted by molar-refractivity contribution is 0.0697. The van der Waals surface area contributed by atoms with Crippen LogP contribution in [0.25, 0.3) is 27.5 Å². The molecule has 0 saturated carbocycles. The van der Waals surface area contributed by atoms with E-state index in [-0.39, 0.29) is 5.56 Å². The molecule has 6 heteroatoms. The van der Waals surface area contributed by atoms with Crippen molar-refractivity contribution >= 4 is 33.7 Å². The Labute approximate surface area is 153 Å². The van der Waals surface area contributed by atoms with Crippen molar-refractivity contribution in [2.24, 2.45) is 0 Å². The van der Waals surface area contributed by atoms with Crippen LogP contribution in [-0.2, 0) is 0 Å². The second kappa shape index (κ2) is 6.02. The number of benzene rings is 2. The number of halogens is 1. The Hall–Kier alpha value is -2.63. The fourth-order valence-electron chi connectivity index (χ4n) is 2.78. The van der Waals surface area contributed by atoms with Crippen molar-refractivity contribution in [2.75, 3.05) is 0 Å². The van der Waals surface area contributed by atoms with Crippen LogP contribution in [0.15, 0.2) is 54.0 Å². The smallest absolute Gasteiger partial charge is 0.335 e. The molecule has 0 aliphatic heterocycles. The van der Waals surface area contributed by atoms with Gasteiger partial charge in [0.2, 0.25) is 0 Å². The van der Waals surface area contributed by atoms with Crippen LogP contribution in [-0.4, -0.2) is 20.5 Å². The Morgan fingerprint density at radius 2 is 1.96 bits per heavy atom. The third-order valence-corrected chi connectivity index (χ3v) is 5.21. The van der Waals surface area contributed by atoms with E-state index in [1.165, 1.54) is 0 Å². The summed E-state index contributed by atoms with van der Waals surface area (Å²) in [4.78, 5) is 16.8. The predicted molar refractivity (Wildman–Crippen MR) is 101 cm³/mol. The maximum absolute atomic E-state index is 11.0. The molecule has 2 aromatic carbocycles. The van der Waals surface area contributed by atoms with Crippen molar-refractivity contribution in [1.82, 2.24) is 9.38 Å². The Morgan fingerprint density at radius 3 is 2.64 bits per heavy atom. The van der Waals surface area contributed by atoms with E-state index >= 15 is 0 Å². The zero-order valence-electron chi connectivity index (χ0n) is 13.2. The zero-order chi connectivity index (χ0) is 17.6. The summed E-state index contributed by atoms with van der Waals surface area (Å²) in [5.41, 5.74) is 3.93. The van der Waals surface area contributed by atoms with Crippen molar-refractivity contribution in [1.29, 1.82) is 0 Å². The molecule has 0 aliphatic carbocycles. The maximum Gasteiger partial charge on any atom is 0.335 e. The predicted octanol–water partition coefficient (Wildman–Crippen LogP) is 5.39. The molecular formula is C19H13ClN2O2S. The second-order valence-corrected chi connectivity index (χ2v) is 7.03. The van der Waals surface area contributed by atoms with Gasteiger partial charge in [-0.2, -0.15) is 0 Å². The summed E-state index contributed by atoms with van der Waals surface area (Å²) < 4.78 is 2.01. The van der Waals surface area contributed by atoms with Gasteiger partial charge < -0.3 is 5.11 Å². The molecule has 4 nitrogen and oxygen atoms in total. The number of hydrogen-bond donors (Lipinski definition) is 1. The van der Waals surface area contributed by atoms with Gasteiger partial charge in [0.25, 0.3) is 0 Å². The first-order chi connectivity index (χ1) is 12.0. The minimum Gasteiger partial charge on any atom is -0.478 e. The van der Waals surface area contributed by atoms with E-state index in [0.717, 1.165) is 33.0 Å². The first-order valence-corrected chi connectivity index (χ1v) is 8.86. The van der Waals surface area contributed by atoms with Crippen molar-refractivity contribution in [3.8, 4) is 22.6 Å². The number of aromatic carboxylic acids is 1. The summed E-state index contributed by atoms with van der Waals surface area (Å²) in [5, 5.41) is 11.7. The standard InChI is InChI=1S/C19H13ClN2O2S/c1-11-2-7-14(15(20)10-11)16-18-22(8-9-25-18)17(21-16)12-3-5-13(6-4-12)19(23)24/h2-10H,1H3,(H,23,24). The van der Waals surface area contributed by atoms with Gasteiger partial charge in [-0.1, -0.05) is 35.9 Å². The SMILES string of the molecule is Cc1ccc(-c2nc(-c3ccc(C(=O)O)cc3)n3ccsc23)c(Cl)c1. The second-order valence-electron chi connectivity index (χ2n) is 5.73. The van der Waals surface area contributed by atoms with Crippen molar-refractivity contribution in [3.63, 3.8) is 0 Å². The summed E-state index contributed by atoms with van der Waals surface area (Å²) in [6.07, 6.45) is 1.96. The molecule has 4 aromatic rings. The van der Waals surface area contributed by atoms with Gasteiger partial charge in [-0.3, -0.25) is 4.40 Å². The molecule has 0 amide bonds. The number of fused-ring (bicyclic) bond motifs is 1. The lowest BCUT2D eigenvalue weighted by Gasteiger charge is -2.02. The Bertz CT molecular complexity index is 1100. The number of aromatic nitrogens is 2. The van der Waals surface area contributed by atoms with Gasteiger partial charge in [-0.15, -0.1) is 11.3 Å². The topological polar surface area (TPSA) is 54.6 Å². The maximum atomic E-state index is 11.0. The molecule has 0 saturated heterocycles. The quantitative estimate of drug-likeness (QED) is 0.527. The highest BCUT2D eigenvalue weighted by Gasteiger charge is 2.17. The third-order valence-electron chi connectivity index (χ3n) is 4.03. The van der Waals surface area contributed by atoms with E-state index in [1.54, 1.807) is 35.6 Å². The van der Waals surface area contributed by atoms with Crippen molar-refractivity contribution in [3.05, 3.63) is 70.2 Å². The largest absolute Gasteiger partial charge is 0.478 e. The van der Waals surface area contributed by atoms with Crippen LogP contribution in [0.3, 0.4) is 0 Å². The minimum atomic E-state index is -0.942. The van der Waals surface area contributed by atoms with Gasteiger partial charge in [-0.25, -0.2) is 9.78 Å². The van der Waals surface area contributed by atoms with E-state index in [9.17, 15) is 4.79 Å². The van der Waals surface area contributed by atoms with Gasteiger partial charge in [-0.05, 0) is 30.7 Å². The van der Waals surface area contributed by atoms with Crippen LogP contribution in [0.4, 0.5) is 0 Å². The summed E-state index contributed by atoms with van der Waals surface area (Å²) >= 11 is 8.03. The van der Waals surface area contributed by atoms with E-state index < -0.39 is 5.97 Å². The molecular weight excluding hydrogens is 356 g/mol. The molecule has 0 fully saturated rings. The fourth-order valence-corrected chi connectivity index (χ4v) is 3.94. The lowest BCUT2D eigenvalue weighted by atomic mass is 10.1. The minimum absolute atomic E-state index is 0.253. The summed E-state index contributed by atoms with van der Waals surface area (Å²) in [5.74, 6) is -0.178. The molecule has 124 valence electrons. The third kappa shape index (κ3) is 2.71. The molecule has 0 spiro atoms. The molecule has 0 radical (unpaired) electrons. The Balaban J connectivity index is 1.89. The number of imidazole rings is 1. The van der Waals surface area contributed by atoms with Crippen LogP contribution in [0.2, 0.25) is 5.02 Å². The summed E-state index contributed by atoms with van der Waals surface area (Å²) in [6.45, 7) is 2.00. The first-order valence-electron chi connectivity index (χ1n) is 7.60.